The van der Waals surface area contributed by atoms with Gasteiger partial charge in [0.1, 0.15) is 0 Å². The Kier molecular flexibility index (Phi) is 10.9. The summed E-state index contributed by atoms with van der Waals surface area (Å²) in [5.41, 5.74) is 0. The van der Waals surface area contributed by atoms with Crippen LogP contribution in [0.15, 0.2) is 17.5 Å². The maximum atomic E-state index is 12.5. The van der Waals surface area contributed by atoms with Crippen molar-refractivity contribution in [2.75, 3.05) is 39.8 Å². The number of hydrogen-bond donors (Lipinski definition) is 1. The summed E-state index contributed by atoms with van der Waals surface area (Å²) in [4.78, 5) is 29.0. The average Bonchev–Trinajstić information content (AvgIpc) is 3.13. The molecule has 0 saturated carbocycles. The number of amides is 2. The average molecular weight is 370 g/mol. The van der Waals surface area contributed by atoms with Gasteiger partial charge in [-0.25, -0.2) is 4.79 Å². The van der Waals surface area contributed by atoms with E-state index in [1.807, 2.05) is 16.3 Å². The fourth-order valence-electron chi connectivity index (χ4n) is 2.45. The van der Waals surface area contributed by atoms with Crippen LogP contribution in [0.1, 0.15) is 38.0 Å². The van der Waals surface area contributed by atoms with Gasteiger partial charge >= 0.3 is 12.0 Å². The second-order valence-electron chi connectivity index (χ2n) is 5.79. The molecule has 0 fully saturated rings. The first-order valence-electron chi connectivity index (χ1n) is 8.95. The van der Waals surface area contributed by atoms with Crippen LogP contribution in [0.4, 0.5) is 4.79 Å². The zero-order valence-electron chi connectivity index (χ0n) is 15.6. The van der Waals surface area contributed by atoms with Crippen LogP contribution in [-0.4, -0.2) is 61.6 Å². The van der Waals surface area contributed by atoms with Crippen LogP contribution in [-0.2, 0) is 16.1 Å². The standard InChI is InChI=1S/C18H31N3O3S/c1-4-20(5-2)12-13-21(15-16-9-8-14-25-16)18(23)19-11-7-6-10-17(22)24-3/h8-9,14H,4-7,10-13,15H2,1-3H3,(H,19,23). The van der Waals surface area contributed by atoms with Crippen molar-refractivity contribution in [3.63, 3.8) is 0 Å². The number of carbonyl (C=O) groups excluding carboxylic acids is 2. The van der Waals surface area contributed by atoms with Gasteiger partial charge in [-0.3, -0.25) is 4.79 Å². The summed E-state index contributed by atoms with van der Waals surface area (Å²) in [6.45, 7) is 9.01. The highest BCUT2D eigenvalue weighted by Gasteiger charge is 2.15. The van der Waals surface area contributed by atoms with Crippen molar-refractivity contribution in [3.8, 4) is 0 Å². The summed E-state index contributed by atoms with van der Waals surface area (Å²) in [6, 6.07) is 4.02. The molecule has 0 bridgehead atoms. The smallest absolute Gasteiger partial charge is 0.317 e. The Morgan fingerprint density at radius 1 is 1.20 bits per heavy atom. The number of carbonyl (C=O) groups is 2. The summed E-state index contributed by atoms with van der Waals surface area (Å²) < 4.78 is 4.61. The predicted molar refractivity (Wildman–Crippen MR) is 102 cm³/mol. The minimum Gasteiger partial charge on any atom is -0.469 e. The molecule has 2 amide bonds. The van der Waals surface area contributed by atoms with Crippen LogP contribution in [0, 0.1) is 0 Å². The van der Waals surface area contributed by atoms with Gasteiger partial charge in [0, 0.05) is 30.9 Å². The van der Waals surface area contributed by atoms with Crippen molar-refractivity contribution in [2.45, 2.75) is 39.7 Å². The number of ether oxygens (including phenoxy) is 1. The third-order valence-corrected chi connectivity index (χ3v) is 4.97. The summed E-state index contributed by atoms with van der Waals surface area (Å²) >= 11 is 1.67. The molecule has 0 aliphatic carbocycles. The minimum atomic E-state index is -0.204. The van der Waals surface area contributed by atoms with E-state index in [9.17, 15) is 9.59 Å². The second-order valence-corrected chi connectivity index (χ2v) is 6.83. The van der Waals surface area contributed by atoms with Gasteiger partial charge in [0.25, 0.3) is 0 Å². The summed E-state index contributed by atoms with van der Waals surface area (Å²) in [6.07, 6.45) is 1.88. The Labute approximate surface area is 155 Å². The molecule has 1 rings (SSSR count). The van der Waals surface area contributed by atoms with Crippen LogP contribution in [0.3, 0.4) is 0 Å². The van der Waals surface area contributed by atoms with Gasteiger partial charge in [0.2, 0.25) is 0 Å². The highest BCUT2D eigenvalue weighted by atomic mass is 32.1. The molecular formula is C18H31N3O3S. The zero-order valence-corrected chi connectivity index (χ0v) is 16.4. The lowest BCUT2D eigenvalue weighted by Gasteiger charge is -2.26. The van der Waals surface area contributed by atoms with Crippen molar-refractivity contribution >= 4 is 23.3 Å². The van der Waals surface area contributed by atoms with Crippen molar-refractivity contribution in [1.82, 2.24) is 15.1 Å². The Morgan fingerprint density at radius 3 is 2.56 bits per heavy atom. The molecule has 6 nitrogen and oxygen atoms in total. The number of nitrogens with one attached hydrogen (secondary N) is 1. The van der Waals surface area contributed by atoms with Gasteiger partial charge < -0.3 is 19.9 Å². The largest absolute Gasteiger partial charge is 0.469 e. The third-order valence-electron chi connectivity index (χ3n) is 4.11. The molecule has 0 spiro atoms. The number of hydrogen-bond acceptors (Lipinski definition) is 5. The van der Waals surface area contributed by atoms with E-state index < -0.39 is 0 Å². The van der Waals surface area contributed by atoms with Gasteiger partial charge in [-0.2, -0.15) is 0 Å². The van der Waals surface area contributed by atoms with E-state index in [1.165, 1.54) is 12.0 Å². The Bertz CT molecular complexity index is 490. The number of nitrogens with zero attached hydrogens (tertiary/aromatic N) is 2. The first-order chi connectivity index (χ1) is 12.1. The second kappa shape index (κ2) is 12.7. The first-order valence-corrected chi connectivity index (χ1v) is 9.83. The van der Waals surface area contributed by atoms with E-state index in [4.69, 9.17) is 0 Å². The molecule has 0 unspecified atom stereocenters. The van der Waals surface area contributed by atoms with E-state index >= 15 is 0 Å². The zero-order chi connectivity index (χ0) is 18.5. The number of esters is 1. The molecule has 0 atom stereocenters. The molecule has 142 valence electrons. The SMILES string of the molecule is CCN(CC)CCN(Cc1cccs1)C(=O)NCCCCC(=O)OC. The van der Waals surface area contributed by atoms with Crippen molar-refractivity contribution in [3.05, 3.63) is 22.4 Å². The van der Waals surface area contributed by atoms with Gasteiger partial charge in [-0.1, -0.05) is 19.9 Å². The van der Waals surface area contributed by atoms with E-state index in [1.54, 1.807) is 11.3 Å². The topological polar surface area (TPSA) is 61.9 Å². The lowest BCUT2D eigenvalue weighted by atomic mass is 10.2. The van der Waals surface area contributed by atoms with Crippen LogP contribution in [0.2, 0.25) is 0 Å². The number of likely N-dealkylation sites (N-methyl/N-ethyl adjacent to an activating group) is 1. The number of methoxy groups -OCH3 is 1. The molecule has 1 aromatic rings. The van der Waals surface area contributed by atoms with Crippen LogP contribution in [0.25, 0.3) is 0 Å². The Hall–Kier alpha value is -1.60. The molecule has 7 heteroatoms. The fourth-order valence-corrected chi connectivity index (χ4v) is 3.17. The predicted octanol–water partition coefficient (Wildman–Crippen LogP) is 2.94. The third kappa shape index (κ3) is 8.88. The number of unbranched alkanes of at least 4 members (excludes halogenated alkanes) is 1. The molecule has 0 radical (unpaired) electrons. The maximum Gasteiger partial charge on any atom is 0.317 e. The fraction of sp³-hybridized carbons (Fsp3) is 0.667. The van der Waals surface area contributed by atoms with Crippen molar-refractivity contribution in [1.29, 1.82) is 0 Å². The van der Waals surface area contributed by atoms with Crippen LogP contribution < -0.4 is 5.32 Å². The number of rotatable bonds is 12. The normalized spacial score (nSPS) is 10.7. The maximum absolute atomic E-state index is 12.5. The minimum absolute atomic E-state index is 0.0429. The summed E-state index contributed by atoms with van der Waals surface area (Å²) in [5, 5.41) is 5.00. The van der Waals surface area contributed by atoms with Crippen molar-refractivity contribution in [2.24, 2.45) is 0 Å². The molecule has 0 aliphatic rings. The van der Waals surface area contributed by atoms with E-state index in [2.05, 4.69) is 34.9 Å². The highest BCUT2D eigenvalue weighted by Crippen LogP contribution is 2.12. The van der Waals surface area contributed by atoms with E-state index in [0.29, 0.717) is 26.1 Å². The number of urea groups is 1. The Balaban J connectivity index is 2.43. The van der Waals surface area contributed by atoms with Crippen LogP contribution >= 0.6 is 11.3 Å². The molecule has 1 aromatic heterocycles. The van der Waals surface area contributed by atoms with E-state index in [-0.39, 0.29) is 12.0 Å². The molecule has 1 N–H and O–H groups in total. The lowest BCUT2D eigenvalue weighted by molar-refractivity contribution is -0.140. The molecular weight excluding hydrogens is 338 g/mol. The van der Waals surface area contributed by atoms with Crippen molar-refractivity contribution < 1.29 is 14.3 Å². The lowest BCUT2D eigenvalue weighted by Crippen LogP contribution is -2.43. The van der Waals surface area contributed by atoms with Crippen LogP contribution in [0.5, 0.6) is 0 Å². The molecule has 1 heterocycles. The molecule has 0 aliphatic heterocycles. The summed E-state index contributed by atoms with van der Waals surface area (Å²) in [7, 11) is 1.39. The van der Waals surface area contributed by atoms with Gasteiger partial charge in [0.15, 0.2) is 0 Å². The number of thiophene rings is 1. The van der Waals surface area contributed by atoms with Gasteiger partial charge in [-0.05, 0) is 37.4 Å². The molecule has 25 heavy (non-hydrogen) atoms. The Morgan fingerprint density at radius 2 is 1.96 bits per heavy atom. The first kappa shape index (κ1) is 21.4. The molecule has 0 saturated heterocycles. The summed E-state index contributed by atoms with van der Waals surface area (Å²) in [5.74, 6) is -0.204. The monoisotopic (exact) mass is 369 g/mol. The van der Waals surface area contributed by atoms with Gasteiger partial charge in [0.05, 0.1) is 13.7 Å². The molecule has 0 aromatic carbocycles. The highest BCUT2D eigenvalue weighted by molar-refractivity contribution is 7.09. The quantitative estimate of drug-likeness (QED) is 0.454. The van der Waals surface area contributed by atoms with E-state index in [0.717, 1.165) is 32.5 Å². The van der Waals surface area contributed by atoms with Gasteiger partial charge in [-0.15, -0.1) is 11.3 Å².